The average Bonchev–Trinajstić information content (AvgIpc) is 2.96. The molecular formula is C15H17ClN6O2S. The van der Waals surface area contributed by atoms with Crippen LogP contribution in [0.3, 0.4) is 0 Å². The van der Waals surface area contributed by atoms with Crippen molar-refractivity contribution in [3.05, 3.63) is 52.8 Å². The van der Waals surface area contributed by atoms with Crippen LogP contribution in [-0.2, 0) is 23.0 Å². The van der Waals surface area contributed by atoms with E-state index in [4.69, 9.17) is 11.6 Å². The van der Waals surface area contributed by atoms with Crippen LogP contribution in [0.25, 0.3) is 5.65 Å². The lowest BCUT2D eigenvalue weighted by atomic mass is 10.2. The first kappa shape index (κ1) is 17.6. The molecule has 2 N–H and O–H groups in total. The van der Waals surface area contributed by atoms with Crippen LogP contribution in [0.5, 0.6) is 0 Å². The Morgan fingerprint density at radius 3 is 2.60 bits per heavy atom. The number of halogens is 1. The minimum absolute atomic E-state index is 0.240. The molecule has 2 heterocycles. The first-order valence-electron chi connectivity index (χ1n) is 7.55. The summed E-state index contributed by atoms with van der Waals surface area (Å²) in [7, 11) is -3.23. The van der Waals surface area contributed by atoms with Gasteiger partial charge in [-0.15, -0.1) is 15.3 Å². The fraction of sp³-hybridized carbons (Fsp3) is 0.267. The molecule has 1 aromatic carbocycles. The molecule has 0 atom stereocenters. The normalized spacial score (nSPS) is 11.8. The molecule has 132 valence electrons. The highest BCUT2D eigenvalue weighted by atomic mass is 35.5. The van der Waals surface area contributed by atoms with E-state index < -0.39 is 10.0 Å². The third kappa shape index (κ3) is 4.88. The summed E-state index contributed by atoms with van der Waals surface area (Å²) in [6.07, 6.45) is 1.51. The van der Waals surface area contributed by atoms with Gasteiger partial charge in [-0.3, -0.25) is 0 Å². The maximum absolute atomic E-state index is 11.1. The van der Waals surface area contributed by atoms with E-state index in [1.807, 2.05) is 30.3 Å². The molecule has 0 unspecified atom stereocenters. The lowest BCUT2D eigenvalue weighted by molar-refractivity contribution is 0.586. The summed E-state index contributed by atoms with van der Waals surface area (Å²) in [5.41, 5.74) is 1.68. The van der Waals surface area contributed by atoms with Gasteiger partial charge in [-0.25, -0.2) is 13.1 Å². The number of hydrogen-bond donors (Lipinski definition) is 2. The monoisotopic (exact) mass is 380 g/mol. The number of nitrogens with one attached hydrogen (secondary N) is 2. The van der Waals surface area contributed by atoms with Crippen LogP contribution in [0, 0.1) is 0 Å². The predicted molar refractivity (Wildman–Crippen MR) is 96.1 cm³/mol. The molecule has 0 aliphatic rings. The van der Waals surface area contributed by atoms with Gasteiger partial charge in [0.15, 0.2) is 11.5 Å². The minimum atomic E-state index is -3.23. The number of benzene rings is 1. The molecule has 0 amide bonds. The van der Waals surface area contributed by atoms with E-state index in [0.29, 0.717) is 35.3 Å². The fourth-order valence-electron chi connectivity index (χ4n) is 2.23. The van der Waals surface area contributed by atoms with Gasteiger partial charge in [0.25, 0.3) is 0 Å². The zero-order chi connectivity index (χ0) is 17.9. The highest BCUT2D eigenvalue weighted by Crippen LogP contribution is 2.12. The lowest BCUT2D eigenvalue weighted by Gasteiger charge is -2.07. The van der Waals surface area contributed by atoms with Gasteiger partial charge in [-0.2, -0.15) is 4.52 Å². The Morgan fingerprint density at radius 2 is 1.88 bits per heavy atom. The molecule has 0 aliphatic heterocycles. The second-order valence-corrected chi connectivity index (χ2v) is 7.77. The van der Waals surface area contributed by atoms with E-state index in [1.165, 1.54) is 0 Å². The number of aromatic nitrogens is 4. The Morgan fingerprint density at radius 1 is 1.12 bits per heavy atom. The molecule has 10 heteroatoms. The number of anilines is 1. The van der Waals surface area contributed by atoms with Crippen molar-refractivity contribution in [2.45, 2.75) is 13.0 Å². The van der Waals surface area contributed by atoms with Crippen molar-refractivity contribution in [3.8, 4) is 0 Å². The van der Waals surface area contributed by atoms with Crippen LogP contribution in [-0.4, -0.2) is 41.0 Å². The van der Waals surface area contributed by atoms with E-state index >= 15 is 0 Å². The zero-order valence-electron chi connectivity index (χ0n) is 13.5. The van der Waals surface area contributed by atoms with E-state index in [-0.39, 0.29) is 6.54 Å². The molecular weight excluding hydrogens is 364 g/mol. The lowest BCUT2D eigenvalue weighted by Crippen LogP contribution is -2.25. The van der Waals surface area contributed by atoms with Crippen molar-refractivity contribution < 1.29 is 8.42 Å². The van der Waals surface area contributed by atoms with Crippen LogP contribution in [0.1, 0.15) is 11.4 Å². The second-order valence-electron chi connectivity index (χ2n) is 5.50. The molecule has 0 radical (unpaired) electrons. The molecule has 8 nitrogen and oxygen atoms in total. The number of rotatable bonds is 7. The summed E-state index contributed by atoms with van der Waals surface area (Å²) >= 11 is 5.88. The number of fused-ring (bicyclic) bond motifs is 1. The Hall–Kier alpha value is -2.23. The molecule has 0 saturated carbocycles. The van der Waals surface area contributed by atoms with E-state index in [1.54, 1.807) is 10.6 Å². The molecule has 0 aliphatic carbocycles. The number of nitrogens with zero attached hydrogens (tertiary/aromatic N) is 4. The highest BCUT2D eigenvalue weighted by Gasteiger charge is 2.09. The maximum Gasteiger partial charge on any atom is 0.208 e. The summed E-state index contributed by atoms with van der Waals surface area (Å²) in [4.78, 5) is 0. The second kappa shape index (κ2) is 7.34. The van der Waals surface area contributed by atoms with Gasteiger partial charge in [0, 0.05) is 24.5 Å². The van der Waals surface area contributed by atoms with Crippen molar-refractivity contribution in [3.63, 3.8) is 0 Å². The molecule has 0 saturated heterocycles. The largest absolute Gasteiger partial charge is 0.365 e. The quantitative estimate of drug-likeness (QED) is 0.643. The smallest absolute Gasteiger partial charge is 0.208 e. The van der Waals surface area contributed by atoms with Crippen molar-refractivity contribution >= 4 is 33.1 Å². The Balaban J connectivity index is 1.70. The van der Waals surface area contributed by atoms with Crippen molar-refractivity contribution in [1.29, 1.82) is 0 Å². The Labute approximate surface area is 150 Å². The molecule has 3 rings (SSSR count). The molecule has 2 aromatic heterocycles. The summed E-state index contributed by atoms with van der Waals surface area (Å²) < 4.78 is 26.3. The predicted octanol–water partition coefficient (Wildman–Crippen LogP) is 1.48. The Kier molecular flexibility index (Phi) is 5.16. The summed E-state index contributed by atoms with van der Waals surface area (Å²) in [6.45, 7) is 0.840. The number of hydrogen-bond acceptors (Lipinski definition) is 6. The van der Waals surface area contributed by atoms with Crippen LogP contribution < -0.4 is 10.0 Å². The zero-order valence-corrected chi connectivity index (χ0v) is 15.0. The summed E-state index contributed by atoms with van der Waals surface area (Å²) in [5.74, 6) is 1.25. The number of sulfonamides is 1. The SMILES string of the molecule is CS(=O)(=O)NCCc1nnc2ccc(NCc3ccc(Cl)cc3)nn12. The van der Waals surface area contributed by atoms with Crippen molar-refractivity contribution in [2.24, 2.45) is 0 Å². The van der Waals surface area contributed by atoms with Gasteiger partial charge in [-0.05, 0) is 29.8 Å². The summed E-state index contributed by atoms with van der Waals surface area (Å²) in [6, 6.07) is 11.2. The maximum atomic E-state index is 11.1. The molecule has 25 heavy (non-hydrogen) atoms. The topological polar surface area (TPSA) is 101 Å². The third-order valence-corrected chi connectivity index (χ3v) is 4.41. The first-order chi connectivity index (χ1) is 11.9. The van der Waals surface area contributed by atoms with E-state index in [9.17, 15) is 8.42 Å². The molecule has 0 bridgehead atoms. The van der Waals surface area contributed by atoms with E-state index in [2.05, 4.69) is 25.3 Å². The van der Waals surface area contributed by atoms with Gasteiger partial charge in [-0.1, -0.05) is 23.7 Å². The van der Waals surface area contributed by atoms with Gasteiger partial charge < -0.3 is 5.32 Å². The standard InChI is InChI=1S/C15H17ClN6O2S/c1-25(23,24)18-9-8-15-20-19-14-7-6-13(21-22(14)15)17-10-11-2-4-12(16)5-3-11/h2-7,18H,8-10H2,1H3,(H,17,21). The third-order valence-electron chi connectivity index (χ3n) is 3.43. The van der Waals surface area contributed by atoms with Gasteiger partial charge in [0.1, 0.15) is 5.82 Å². The van der Waals surface area contributed by atoms with Gasteiger partial charge >= 0.3 is 0 Å². The average molecular weight is 381 g/mol. The Bertz CT molecular complexity index is 971. The van der Waals surface area contributed by atoms with Crippen molar-refractivity contribution in [1.82, 2.24) is 24.5 Å². The molecule has 0 spiro atoms. The van der Waals surface area contributed by atoms with Crippen LogP contribution in [0.15, 0.2) is 36.4 Å². The van der Waals surface area contributed by atoms with Crippen LogP contribution in [0.4, 0.5) is 5.82 Å². The van der Waals surface area contributed by atoms with Gasteiger partial charge in [0.05, 0.1) is 6.26 Å². The molecule has 3 aromatic rings. The van der Waals surface area contributed by atoms with Crippen molar-refractivity contribution in [2.75, 3.05) is 18.1 Å². The molecule has 0 fully saturated rings. The highest BCUT2D eigenvalue weighted by molar-refractivity contribution is 7.88. The van der Waals surface area contributed by atoms with Crippen LogP contribution in [0.2, 0.25) is 5.02 Å². The first-order valence-corrected chi connectivity index (χ1v) is 9.82. The van der Waals surface area contributed by atoms with Gasteiger partial charge in [0.2, 0.25) is 10.0 Å². The van der Waals surface area contributed by atoms with Crippen LogP contribution >= 0.6 is 11.6 Å². The minimum Gasteiger partial charge on any atom is -0.365 e. The van der Waals surface area contributed by atoms with E-state index in [0.717, 1.165) is 11.8 Å². The fourth-order valence-corrected chi connectivity index (χ4v) is 2.83. The summed E-state index contributed by atoms with van der Waals surface area (Å²) in [5, 5.41) is 16.5.